The van der Waals surface area contributed by atoms with Crippen molar-refractivity contribution in [2.45, 2.75) is 18.6 Å². The van der Waals surface area contributed by atoms with Gasteiger partial charge in [0.05, 0.1) is 13.5 Å². The van der Waals surface area contributed by atoms with Gasteiger partial charge in [0.15, 0.2) is 0 Å². The van der Waals surface area contributed by atoms with E-state index in [-0.39, 0.29) is 25.0 Å². The van der Waals surface area contributed by atoms with E-state index >= 15 is 0 Å². The van der Waals surface area contributed by atoms with Crippen molar-refractivity contribution in [3.63, 3.8) is 0 Å². The Hall–Kier alpha value is -2.37. The van der Waals surface area contributed by atoms with Crippen LogP contribution in [0.15, 0.2) is 60.7 Å². The summed E-state index contributed by atoms with van der Waals surface area (Å²) >= 11 is 0. The Bertz CT molecular complexity index is 603. The number of esters is 1. The zero-order valence-corrected chi connectivity index (χ0v) is 13.7. The molecule has 1 unspecified atom stereocenters. The summed E-state index contributed by atoms with van der Waals surface area (Å²) in [5, 5.41) is 13.3. The number of nitrogens with one attached hydrogen (secondary N) is 1. The number of ether oxygens (including phenoxy) is 2. The molecular weight excluding hydrogens is 306 g/mol. The number of aliphatic hydroxyl groups excluding tert-OH is 1. The van der Waals surface area contributed by atoms with Gasteiger partial charge in [-0.15, -0.1) is 0 Å². The molecule has 128 valence electrons. The second-order valence-electron chi connectivity index (χ2n) is 5.43. The number of hydrogen-bond donors (Lipinski definition) is 2. The van der Waals surface area contributed by atoms with Crippen LogP contribution in [0.3, 0.4) is 0 Å². The van der Waals surface area contributed by atoms with Crippen molar-refractivity contribution < 1.29 is 19.4 Å². The quantitative estimate of drug-likeness (QED) is 0.691. The topological polar surface area (TPSA) is 67.8 Å². The van der Waals surface area contributed by atoms with Crippen molar-refractivity contribution in [3.8, 4) is 5.75 Å². The molecule has 0 saturated heterocycles. The largest absolute Gasteiger partial charge is 0.491 e. The molecule has 2 atom stereocenters. The van der Waals surface area contributed by atoms with Crippen molar-refractivity contribution in [2.24, 2.45) is 0 Å². The average molecular weight is 329 g/mol. The first-order valence-corrected chi connectivity index (χ1v) is 7.90. The van der Waals surface area contributed by atoms with Crippen molar-refractivity contribution in [2.75, 3.05) is 20.3 Å². The molecular formula is C19H23NO4. The van der Waals surface area contributed by atoms with Crippen molar-refractivity contribution >= 4 is 5.97 Å². The highest BCUT2D eigenvalue weighted by Crippen LogP contribution is 2.17. The molecule has 2 N–H and O–H groups in total. The van der Waals surface area contributed by atoms with Crippen LogP contribution in [0, 0.1) is 0 Å². The maximum absolute atomic E-state index is 11.6. The third-order valence-electron chi connectivity index (χ3n) is 3.59. The third-order valence-corrected chi connectivity index (χ3v) is 3.59. The molecule has 0 heterocycles. The summed E-state index contributed by atoms with van der Waals surface area (Å²) in [6.07, 6.45) is -0.485. The van der Waals surface area contributed by atoms with Crippen molar-refractivity contribution in [1.82, 2.24) is 5.32 Å². The van der Waals surface area contributed by atoms with Gasteiger partial charge in [0.1, 0.15) is 18.5 Å². The van der Waals surface area contributed by atoms with Crippen LogP contribution in [0.1, 0.15) is 18.0 Å². The number of rotatable bonds is 9. The first-order chi connectivity index (χ1) is 11.7. The molecule has 0 fully saturated rings. The number of hydrogen-bond acceptors (Lipinski definition) is 5. The molecule has 24 heavy (non-hydrogen) atoms. The molecule has 0 spiro atoms. The fraction of sp³-hybridized carbons (Fsp3) is 0.316. The van der Waals surface area contributed by atoms with E-state index in [1.165, 1.54) is 7.11 Å². The number of aliphatic hydroxyl groups is 1. The molecule has 0 radical (unpaired) electrons. The monoisotopic (exact) mass is 329 g/mol. The van der Waals surface area contributed by atoms with E-state index in [0.717, 1.165) is 5.56 Å². The van der Waals surface area contributed by atoms with Crippen LogP contribution in [0.25, 0.3) is 0 Å². The van der Waals surface area contributed by atoms with Crippen LogP contribution < -0.4 is 10.1 Å². The van der Waals surface area contributed by atoms with Crippen molar-refractivity contribution in [3.05, 3.63) is 66.2 Å². The second kappa shape index (κ2) is 9.70. The standard InChI is InChI=1S/C19H23NO4/c1-23-19(22)12-18(15-8-4-2-5-9-15)20-13-16(21)14-24-17-10-6-3-7-11-17/h2-11,16,18,20-21H,12-14H2,1H3/t16-,18?/m0/s1. The predicted molar refractivity (Wildman–Crippen MR) is 91.8 cm³/mol. The fourth-order valence-corrected chi connectivity index (χ4v) is 2.29. The third kappa shape index (κ3) is 6.02. The zero-order valence-electron chi connectivity index (χ0n) is 13.7. The van der Waals surface area contributed by atoms with Gasteiger partial charge in [0.25, 0.3) is 0 Å². The summed E-state index contributed by atoms with van der Waals surface area (Å²) in [7, 11) is 1.37. The molecule has 2 aromatic rings. The molecule has 0 aliphatic rings. The Kier molecular flexibility index (Phi) is 7.26. The molecule has 0 aromatic heterocycles. The van der Waals surface area contributed by atoms with Crippen LogP contribution in [0.2, 0.25) is 0 Å². The first kappa shape index (κ1) is 18.0. The van der Waals surface area contributed by atoms with Gasteiger partial charge in [-0.25, -0.2) is 0 Å². The number of carbonyl (C=O) groups is 1. The van der Waals surface area contributed by atoms with Gasteiger partial charge in [-0.2, -0.15) is 0 Å². The minimum Gasteiger partial charge on any atom is -0.491 e. The number of para-hydroxylation sites is 1. The average Bonchev–Trinajstić information content (AvgIpc) is 2.64. The molecule has 0 bridgehead atoms. The normalized spacial score (nSPS) is 13.1. The van der Waals surface area contributed by atoms with E-state index in [0.29, 0.717) is 12.3 Å². The van der Waals surface area contributed by atoms with E-state index < -0.39 is 6.10 Å². The van der Waals surface area contributed by atoms with E-state index in [1.54, 1.807) is 0 Å². The Balaban J connectivity index is 1.86. The lowest BCUT2D eigenvalue weighted by atomic mass is 10.0. The summed E-state index contributed by atoms with van der Waals surface area (Å²) < 4.78 is 10.3. The van der Waals surface area contributed by atoms with Crippen LogP contribution >= 0.6 is 0 Å². The SMILES string of the molecule is COC(=O)CC(NC[C@H](O)COc1ccccc1)c1ccccc1. The second-order valence-corrected chi connectivity index (χ2v) is 5.43. The van der Waals surface area contributed by atoms with Gasteiger partial charge >= 0.3 is 5.97 Å². The Labute approximate surface area is 142 Å². The lowest BCUT2D eigenvalue weighted by molar-refractivity contribution is -0.141. The molecule has 0 aliphatic carbocycles. The van der Waals surface area contributed by atoms with Crippen LogP contribution in [-0.2, 0) is 9.53 Å². The number of methoxy groups -OCH3 is 1. The fourth-order valence-electron chi connectivity index (χ4n) is 2.29. The predicted octanol–water partition coefficient (Wildman–Crippen LogP) is 2.32. The summed E-state index contributed by atoms with van der Waals surface area (Å²) in [5.41, 5.74) is 0.971. The zero-order chi connectivity index (χ0) is 17.2. The van der Waals surface area contributed by atoms with Crippen molar-refractivity contribution in [1.29, 1.82) is 0 Å². The molecule has 5 heteroatoms. The molecule has 2 aromatic carbocycles. The molecule has 0 aliphatic heterocycles. The highest BCUT2D eigenvalue weighted by atomic mass is 16.5. The number of benzene rings is 2. The summed E-state index contributed by atoms with van der Waals surface area (Å²) in [6.45, 7) is 0.486. The van der Waals surface area contributed by atoms with Gasteiger partial charge < -0.3 is 19.9 Å². The summed E-state index contributed by atoms with van der Waals surface area (Å²) in [4.78, 5) is 11.6. The van der Waals surface area contributed by atoms with Gasteiger partial charge in [0.2, 0.25) is 0 Å². The van der Waals surface area contributed by atoms with Crippen LogP contribution in [-0.4, -0.2) is 37.4 Å². The Morgan fingerprint density at radius 2 is 1.71 bits per heavy atom. The van der Waals surface area contributed by atoms with E-state index in [9.17, 15) is 9.90 Å². The van der Waals surface area contributed by atoms with Gasteiger partial charge in [-0.1, -0.05) is 48.5 Å². The molecule has 0 amide bonds. The van der Waals surface area contributed by atoms with Gasteiger partial charge in [-0.3, -0.25) is 4.79 Å². The lowest BCUT2D eigenvalue weighted by Gasteiger charge is -2.20. The first-order valence-electron chi connectivity index (χ1n) is 7.90. The van der Waals surface area contributed by atoms with E-state index in [2.05, 4.69) is 5.32 Å². The molecule has 0 saturated carbocycles. The maximum Gasteiger partial charge on any atom is 0.307 e. The maximum atomic E-state index is 11.6. The lowest BCUT2D eigenvalue weighted by Crippen LogP contribution is -2.35. The van der Waals surface area contributed by atoms with Crippen LogP contribution in [0.4, 0.5) is 0 Å². The summed E-state index contributed by atoms with van der Waals surface area (Å²) in [6, 6.07) is 18.7. The smallest absolute Gasteiger partial charge is 0.307 e. The molecule has 2 rings (SSSR count). The minimum atomic E-state index is -0.686. The Morgan fingerprint density at radius 3 is 2.33 bits per heavy atom. The highest BCUT2D eigenvalue weighted by molar-refractivity contribution is 5.70. The Morgan fingerprint density at radius 1 is 1.08 bits per heavy atom. The highest BCUT2D eigenvalue weighted by Gasteiger charge is 2.17. The van der Waals surface area contributed by atoms with E-state index in [4.69, 9.17) is 9.47 Å². The van der Waals surface area contributed by atoms with Gasteiger partial charge in [-0.05, 0) is 17.7 Å². The minimum absolute atomic E-state index is 0.177. The molecule has 5 nitrogen and oxygen atoms in total. The number of carbonyl (C=O) groups excluding carboxylic acids is 1. The van der Waals surface area contributed by atoms with Crippen LogP contribution in [0.5, 0.6) is 5.75 Å². The van der Waals surface area contributed by atoms with E-state index in [1.807, 2.05) is 60.7 Å². The summed E-state index contributed by atoms with van der Waals surface area (Å²) in [5.74, 6) is 0.414. The van der Waals surface area contributed by atoms with Gasteiger partial charge in [0, 0.05) is 12.6 Å².